The van der Waals surface area contributed by atoms with E-state index in [0.29, 0.717) is 17.2 Å². The summed E-state index contributed by atoms with van der Waals surface area (Å²) in [5.74, 6) is 1.61. The molecule has 1 aliphatic carbocycles. The monoisotopic (exact) mass is 251 g/mol. The second-order valence-corrected chi connectivity index (χ2v) is 6.34. The Bertz CT molecular complexity index is 374. The number of hydrogen-bond donors (Lipinski definition) is 1. The lowest BCUT2D eigenvalue weighted by molar-refractivity contribution is 0.116. The van der Waals surface area contributed by atoms with E-state index >= 15 is 0 Å². The molecule has 0 atom stereocenters. The average molecular weight is 251 g/mol. The van der Waals surface area contributed by atoms with Crippen molar-refractivity contribution in [1.29, 1.82) is 0 Å². The molecule has 1 saturated carbocycles. The normalized spacial score (nSPS) is 20.5. The van der Waals surface area contributed by atoms with Gasteiger partial charge in [-0.25, -0.2) is 0 Å². The van der Waals surface area contributed by atoms with Crippen LogP contribution in [0.5, 0.6) is 0 Å². The molecule has 0 spiro atoms. The Morgan fingerprint density at radius 2 is 1.89 bits per heavy atom. The molecular weight excluding hydrogens is 226 g/mol. The molecule has 1 aromatic heterocycles. The van der Waals surface area contributed by atoms with Crippen molar-refractivity contribution in [2.45, 2.75) is 58.7 Å². The van der Waals surface area contributed by atoms with Gasteiger partial charge in [0, 0.05) is 6.04 Å². The largest absolute Gasteiger partial charge is 0.462 e. The van der Waals surface area contributed by atoms with Crippen LogP contribution in [0.3, 0.4) is 0 Å². The van der Waals surface area contributed by atoms with Gasteiger partial charge in [0.2, 0.25) is 0 Å². The molecule has 1 fully saturated rings. The van der Waals surface area contributed by atoms with Gasteiger partial charge in [0.15, 0.2) is 0 Å². The van der Waals surface area contributed by atoms with Crippen LogP contribution in [0.2, 0.25) is 0 Å². The lowest BCUT2D eigenvalue weighted by Gasteiger charge is -2.38. The molecule has 0 aromatic carbocycles. The van der Waals surface area contributed by atoms with Gasteiger partial charge < -0.3 is 9.52 Å². The molecule has 102 valence electrons. The molecule has 3 nitrogen and oxygen atoms in total. The molecule has 0 saturated heterocycles. The zero-order valence-electron chi connectivity index (χ0n) is 11.8. The van der Waals surface area contributed by atoms with Crippen LogP contribution in [0.4, 0.5) is 0 Å². The van der Waals surface area contributed by atoms with E-state index in [1.807, 2.05) is 12.1 Å². The van der Waals surface area contributed by atoms with E-state index < -0.39 is 0 Å². The summed E-state index contributed by atoms with van der Waals surface area (Å²) in [4.78, 5) is 2.38. The predicted octanol–water partition coefficient (Wildman–Crippen LogP) is 3.17. The van der Waals surface area contributed by atoms with Crippen molar-refractivity contribution in [3.05, 3.63) is 23.7 Å². The number of aliphatic hydroxyl groups is 1. The first-order valence-corrected chi connectivity index (χ1v) is 6.89. The molecule has 1 N–H and O–H groups in total. The maximum atomic E-state index is 8.98. The van der Waals surface area contributed by atoms with Crippen molar-refractivity contribution in [2.24, 2.45) is 5.41 Å². The number of furan rings is 1. The van der Waals surface area contributed by atoms with Gasteiger partial charge in [-0.2, -0.15) is 0 Å². The molecule has 0 amide bonds. The van der Waals surface area contributed by atoms with Gasteiger partial charge in [-0.1, -0.05) is 13.8 Å². The summed E-state index contributed by atoms with van der Waals surface area (Å²) >= 11 is 0. The van der Waals surface area contributed by atoms with Gasteiger partial charge >= 0.3 is 0 Å². The maximum Gasteiger partial charge on any atom is 0.129 e. The van der Waals surface area contributed by atoms with Crippen LogP contribution < -0.4 is 0 Å². The van der Waals surface area contributed by atoms with E-state index in [1.54, 1.807) is 0 Å². The van der Waals surface area contributed by atoms with E-state index in [-0.39, 0.29) is 6.61 Å². The summed E-state index contributed by atoms with van der Waals surface area (Å²) in [5.41, 5.74) is 0.520. The molecule has 0 radical (unpaired) electrons. The molecule has 1 aliphatic rings. The van der Waals surface area contributed by atoms with E-state index in [4.69, 9.17) is 9.52 Å². The Morgan fingerprint density at radius 3 is 2.44 bits per heavy atom. The Morgan fingerprint density at radius 1 is 1.28 bits per heavy atom. The van der Waals surface area contributed by atoms with Crippen molar-refractivity contribution in [2.75, 3.05) is 7.05 Å². The molecule has 0 aliphatic heterocycles. The topological polar surface area (TPSA) is 36.6 Å². The Kier molecular flexibility index (Phi) is 4.13. The van der Waals surface area contributed by atoms with Crippen LogP contribution in [-0.2, 0) is 13.2 Å². The second kappa shape index (κ2) is 5.45. The number of rotatable bonds is 4. The van der Waals surface area contributed by atoms with Crippen molar-refractivity contribution >= 4 is 0 Å². The summed E-state index contributed by atoms with van der Waals surface area (Å²) in [5, 5.41) is 8.98. The molecule has 1 aromatic rings. The number of nitrogens with zero attached hydrogens (tertiary/aromatic N) is 1. The van der Waals surface area contributed by atoms with Crippen LogP contribution in [0.1, 0.15) is 51.1 Å². The van der Waals surface area contributed by atoms with Crippen LogP contribution in [0.15, 0.2) is 16.5 Å². The average Bonchev–Trinajstić information content (AvgIpc) is 2.76. The van der Waals surface area contributed by atoms with Crippen LogP contribution in [0.25, 0.3) is 0 Å². The van der Waals surface area contributed by atoms with Gasteiger partial charge in [-0.05, 0) is 50.3 Å². The third-order valence-corrected chi connectivity index (χ3v) is 4.21. The highest BCUT2D eigenvalue weighted by Crippen LogP contribution is 2.36. The van der Waals surface area contributed by atoms with Gasteiger partial charge in [-0.3, -0.25) is 4.90 Å². The first-order valence-electron chi connectivity index (χ1n) is 6.89. The van der Waals surface area contributed by atoms with Crippen LogP contribution >= 0.6 is 0 Å². The Balaban J connectivity index is 1.86. The minimum Gasteiger partial charge on any atom is -0.462 e. The van der Waals surface area contributed by atoms with Gasteiger partial charge in [-0.15, -0.1) is 0 Å². The molecular formula is C15H25NO2. The third kappa shape index (κ3) is 3.36. The zero-order chi connectivity index (χ0) is 13.2. The summed E-state index contributed by atoms with van der Waals surface area (Å²) in [6.45, 7) is 5.55. The summed E-state index contributed by atoms with van der Waals surface area (Å²) in [6.07, 6.45) is 5.16. The van der Waals surface area contributed by atoms with Crippen LogP contribution in [-0.4, -0.2) is 23.1 Å². The van der Waals surface area contributed by atoms with E-state index in [0.717, 1.165) is 12.3 Å². The Hall–Kier alpha value is -0.800. The number of aliphatic hydroxyl groups excluding tert-OH is 1. The first kappa shape index (κ1) is 13.6. The van der Waals surface area contributed by atoms with Gasteiger partial charge in [0.1, 0.15) is 18.1 Å². The van der Waals surface area contributed by atoms with Crippen molar-refractivity contribution in [1.82, 2.24) is 4.90 Å². The lowest BCUT2D eigenvalue weighted by atomic mass is 9.75. The van der Waals surface area contributed by atoms with E-state index in [1.165, 1.54) is 25.7 Å². The predicted molar refractivity (Wildman–Crippen MR) is 72.1 cm³/mol. The summed E-state index contributed by atoms with van der Waals surface area (Å²) in [6, 6.07) is 4.49. The second-order valence-electron chi connectivity index (χ2n) is 6.34. The van der Waals surface area contributed by atoms with Crippen molar-refractivity contribution < 1.29 is 9.52 Å². The molecule has 0 bridgehead atoms. The van der Waals surface area contributed by atoms with Gasteiger partial charge in [0.25, 0.3) is 0 Å². The quantitative estimate of drug-likeness (QED) is 0.893. The van der Waals surface area contributed by atoms with E-state index in [2.05, 4.69) is 25.8 Å². The van der Waals surface area contributed by atoms with Gasteiger partial charge in [0.05, 0.1) is 6.54 Å². The summed E-state index contributed by atoms with van der Waals surface area (Å²) in [7, 11) is 2.17. The summed E-state index contributed by atoms with van der Waals surface area (Å²) < 4.78 is 5.54. The molecule has 18 heavy (non-hydrogen) atoms. The SMILES string of the molecule is CN(Cc1ccc(CO)o1)C1CCC(C)(C)CC1. The minimum absolute atomic E-state index is 0.0126. The fourth-order valence-corrected chi connectivity index (χ4v) is 2.79. The fraction of sp³-hybridized carbons (Fsp3) is 0.733. The van der Waals surface area contributed by atoms with Crippen LogP contribution in [0, 0.1) is 5.41 Å². The minimum atomic E-state index is -0.0126. The van der Waals surface area contributed by atoms with E-state index in [9.17, 15) is 0 Å². The standard InChI is InChI=1S/C15H25NO2/c1-15(2)8-6-12(7-9-15)16(3)10-13-4-5-14(11-17)18-13/h4-5,12,17H,6-11H2,1-3H3. The first-order chi connectivity index (χ1) is 8.50. The third-order valence-electron chi connectivity index (χ3n) is 4.21. The number of hydrogen-bond acceptors (Lipinski definition) is 3. The highest BCUT2D eigenvalue weighted by Gasteiger charge is 2.28. The molecule has 3 heteroatoms. The van der Waals surface area contributed by atoms with Crippen molar-refractivity contribution in [3.63, 3.8) is 0 Å². The smallest absolute Gasteiger partial charge is 0.129 e. The maximum absolute atomic E-state index is 8.98. The zero-order valence-corrected chi connectivity index (χ0v) is 11.8. The lowest BCUT2D eigenvalue weighted by Crippen LogP contribution is -2.36. The van der Waals surface area contributed by atoms with Crippen molar-refractivity contribution in [3.8, 4) is 0 Å². The highest BCUT2D eigenvalue weighted by atomic mass is 16.4. The molecule has 1 heterocycles. The highest BCUT2D eigenvalue weighted by molar-refractivity contribution is 5.06. The Labute approximate surface area is 110 Å². The molecule has 2 rings (SSSR count). The fourth-order valence-electron chi connectivity index (χ4n) is 2.79. The molecule has 0 unspecified atom stereocenters.